The Morgan fingerprint density at radius 1 is 1.15 bits per heavy atom. The van der Waals surface area contributed by atoms with E-state index in [-0.39, 0.29) is 5.91 Å². The molecule has 1 aromatic rings. The quantitative estimate of drug-likeness (QED) is 0.793. The minimum absolute atomic E-state index is 0.134. The van der Waals surface area contributed by atoms with Gasteiger partial charge in [-0.3, -0.25) is 4.79 Å². The first-order chi connectivity index (χ1) is 9.67. The zero-order valence-electron chi connectivity index (χ0n) is 12.3. The van der Waals surface area contributed by atoms with Gasteiger partial charge in [0.05, 0.1) is 6.42 Å². The van der Waals surface area contributed by atoms with Crippen LogP contribution in [0.4, 0.5) is 0 Å². The van der Waals surface area contributed by atoms with Crippen LogP contribution >= 0.6 is 12.6 Å². The van der Waals surface area contributed by atoms with Crippen molar-refractivity contribution in [3.8, 4) is 0 Å². The number of hydrogen-bond donors (Lipinski definition) is 2. The molecule has 1 fully saturated rings. The summed E-state index contributed by atoms with van der Waals surface area (Å²) in [5.41, 5.74) is 1.05. The van der Waals surface area contributed by atoms with Crippen LogP contribution in [0.2, 0.25) is 0 Å². The van der Waals surface area contributed by atoms with Crippen LogP contribution < -0.4 is 5.32 Å². The lowest BCUT2D eigenvalue weighted by Gasteiger charge is -2.27. The van der Waals surface area contributed by atoms with Crippen LogP contribution in [-0.2, 0) is 11.2 Å². The van der Waals surface area contributed by atoms with E-state index >= 15 is 0 Å². The Morgan fingerprint density at radius 2 is 1.75 bits per heavy atom. The molecule has 0 radical (unpaired) electrons. The van der Waals surface area contributed by atoms with E-state index in [2.05, 4.69) is 24.9 Å². The minimum Gasteiger partial charge on any atom is -0.356 e. The standard InChI is InChI=1S/C17H25NOS/c1-2-13-3-5-15(6-4-13)12-18-17(19)11-14-7-9-16(20)10-8-14/h7-10,13,15,20H,2-6,11-12H2,1H3,(H,18,19). The van der Waals surface area contributed by atoms with E-state index in [1.807, 2.05) is 24.3 Å². The summed E-state index contributed by atoms with van der Waals surface area (Å²) >= 11 is 4.25. The van der Waals surface area contributed by atoms with Crippen LogP contribution in [-0.4, -0.2) is 12.5 Å². The Bertz CT molecular complexity index is 421. The van der Waals surface area contributed by atoms with Crippen molar-refractivity contribution >= 4 is 18.5 Å². The molecule has 3 heteroatoms. The average Bonchev–Trinajstić information content (AvgIpc) is 2.48. The van der Waals surface area contributed by atoms with Gasteiger partial charge in [-0.25, -0.2) is 0 Å². The predicted molar refractivity (Wildman–Crippen MR) is 86.1 cm³/mol. The molecule has 2 rings (SSSR count). The van der Waals surface area contributed by atoms with Crippen molar-refractivity contribution in [3.05, 3.63) is 29.8 Å². The molecule has 0 bridgehead atoms. The first-order valence-electron chi connectivity index (χ1n) is 7.72. The topological polar surface area (TPSA) is 29.1 Å². The van der Waals surface area contributed by atoms with Gasteiger partial charge in [0.2, 0.25) is 5.91 Å². The molecule has 110 valence electrons. The SMILES string of the molecule is CCC1CCC(CNC(=O)Cc2ccc(S)cc2)CC1. The van der Waals surface area contributed by atoms with Crippen molar-refractivity contribution < 1.29 is 4.79 Å². The summed E-state index contributed by atoms with van der Waals surface area (Å²) in [6.07, 6.45) is 6.99. The van der Waals surface area contributed by atoms with Crippen molar-refractivity contribution in [2.75, 3.05) is 6.54 Å². The van der Waals surface area contributed by atoms with E-state index in [0.717, 1.165) is 22.9 Å². The summed E-state index contributed by atoms with van der Waals surface area (Å²) < 4.78 is 0. The Kier molecular flexibility index (Phi) is 5.96. The second-order valence-electron chi connectivity index (χ2n) is 5.94. The highest BCUT2D eigenvalue weighted by Crippen LogP contribution is 2.30. The molecule has 2 nitrogen and oxygen atoms in total. The fourth-order valence-corrected chi connectivity index (χ4v) is 3.11. The van der Waals surface area contributed by atoms with Gasteiger partial charge in [-0.2, -0.15) is 0 Å². The monoisotopic (exact) mass is 291 g/mol. The summed E-state index contributed by atoms with van der Waals surface area (Å²) in [6, 6.07) is 7.79. The van der Waals surface area contributed by atoms with Gasteiger partial charge in [0.25, 0.3) is 0 Å². The van der Waals surface area contributed by atoms with Gasteiger partial charge >= 0.3 is 0 Å². The average molecular weight is 291 g/mol. The Morgan fingerprint density at radius 3 is 2.35 bits per heavy atom. The van der Waals surface area contributed by atoms with E-state index in [9.17, 15) is 4.79 Å². The molecule has 1 N–H and O–H groups in total. The van der Waals surface area contributed by atoms with E-state index in [1.54, 1.807) is 0 Å². The van der Waals surface area contributed by atoms with Crippen LogP contribution in [0.1, 0.15) is 44.6 Å². The lowest BCUT2D eigenvalue weighted by Crippen LogP contribution is -2.32. The van der Waals surface area contributed by atoms with E-state index in [4.69, 9.17) is 0 Å². The van der Waals surface area contributed by atoms with Gasteiger partial charge in [0, 0.05) is 11.4 Å². The number of thiol groups is 1. The van der Waals surface area contributed by atoms with Gasteiger partial charge in [-0.1, -0.05) is 38.3 Å². The molecular weight excluding hydrogens is 266 g/mol. The molecule has 0 spiro atoms. The fourth-order valence-electron chi connectivity index (χ4n) is 2.96. The number of amides is 1. The molecule has 1 saturated carbocycles. The molecule has 0 atom stereocenters. The largest absolute Gasteiger partial charge is 0.356 e. The van der Waals surface area contributed by atoms with E-state index < -0.39 is 0 Å². The normalized spacial score (nSPS) is 22.5. The third-order valence-electron chi connectivity index (χ3n) is 4.43. The number of nitrogens with one attached hydrogen (secondary N) is 1. The highest BCUT2D eigenvalue weighted by molar-refractivity contribution is 7.80. The van der Waals surface area contributed by atoms with Crippen molar-refractivity contribution in [2.45, 2.75) is 50.3 Å². The van der Waals surface area contributed by atoms with Crippen molar-refractivity contribution in [3.63, 3.8) is 0 Å². The number of benzene rings is 1. The first-order valence-corrected chi connectivity index (χ1v) is 8.16. The molecule has 0 aromatic heterocycles. The van der Waals surface area contributed by atoms with Crippen LogP contribution in [0.5, 0.6) is 0 Å². The molecule has 0 saturated heterocycles. The van der Waals surface area contributed by atoms with E-state index in [1.165, 1.54) is 32.1 Å². The van der Waals surface area contributed by atoms with Crippen LogP contribution in [0.15, 0.2) is 29.2 Å². The zero-order valence-corrected chi connectivity index (χ0v) is 13.2. The number of hydrogen-bond acceptors (Lipinski definition) is 2. The number of carbonyl (C=O) groups excluding carboxylic acids is 1. The van der Waals surface area contributed by atoms with Crippen molar-refractivity contribution in [2.24, 2.45) is 11.8 Å². The molecular formula is C17H25NOS. The summed E-state index contributed by atoms with van der Waals surface area (Å²) in [6.45, 7) is 3.13. The molecule has 1 aliphatic rings. The van der Waals surface area contributed by atoms with E-state index in [0.29, 0.717) is 12.3 Å². The third-order valence-corrected chi connectivity index (χ3v) is 4.73. The second-order valence-corrected chi connectivity index (χ2v) is 6.46. The number of rotatable bonds is 5. The number of carbonyl (C=O) groups is 1. The summed E-state index contributed by atoms with van der Waals surface area (Å²) in [7, 11) is 0. The molecule has 0 unspecified atom stereocenters. The van der Waals surface area contributed by atoms with Crippen molar-refractivity contribution in [1.82, 2.24) is 5.32 Å². The minimum atomic E-state index is 0.134. The Hall–Kier alpha value is -0.960. The van der Waals surface area contributed by atoms with Crippen LogP contribution in [0.3, 0.4) is 0 Å². The maximum absolute atomic E-state index is 11.9. The molecule has 20 heavy (non-hydrogen) atoms. The van der Waals surface area contributed by atoms with Gasteiger partial charge in [-0.15, -0.1) is 12.6 Å². The van der Waals surface area contributed by atoms with Gasteiger partial charge < -0.3 is 5.32 Å². The Labute approximate surface area is 127 Å². The van der Waals surface area contributed by atoms with Gasteiger partial charge in [-0.05, 0) is 42.4 Å². The van der Waals surface area contributed by atoms with Crippen LogP contribution in [0, 0.1) is 11.8 Å². The zero-order chi connectivity index (χ0) is 14.4. The second kappa shape index (κ2) is 7.72. The maximum Gasteiger partial charge on any atom is 0.224 e. The molecule has 1 aliphatic carbocycles. The lowest BCUT2D eigenvalue weighted by atomic mass is 9.81. The first kappa shape index (κ1) is 15.4. The predicted octanol–water partition coefficient (Wildman–Crippen LogP) is 3.85. The molecule has 1 amide bonds. The molecule has 0 aliphatic heterocycles. The summed E-state index contributed by atoms with van der Waals surface area (Å²) in [5.74, 6) is 1.73. The van der Waals surface area contributed by atoms with Crippen LogP contribution in [0.25, 0.3) is 0 Å². The maximum atomic E-state index is 11.9. The molecule has 1 aromatic carbocycles. The summed E-state index contributed by atoms with van der Waals surface area (Å²) in [4.78, 5) is 12.9. The Balaban J connectivity index is 1.69. The smallest absolute Gasteiger partial charge is 0.224 e. The molecule has 0 heterocycles. The highest BCUT2D eigenvalue weighted by atomic mass is 32.1. The van der Waals surface area contributed by atoms with Gasteiger partial charge in [0.15, 0.2) is 0 Å². The fraction of sp³-hybridized carbons (Fsp3) is 0.588. The third kappa shape index (κ3) is 4.86. The lowest BCUT2D eigenvalue weighted by molar-refractivity contribution is -0.120. The van der Waals surface area contributed by atoms with Crippen molar-refractivity contribution in [1.29, 1.82) is 0 Å². The van der Waals surface area contributed by atoms with Gasteiger partial charge in [0.1, 0.15) is 0 Å². The highest BCUT2D eigenvalue weighted by Gasteiger charge is 2.20. The summed E-state index contributed by atoms with van der Waals surface area (Å²) in [5, 5.41) is 3.09.